The summed E-state index contributed by atoms with van der Waals surface area (Å²) < 4.78 is 0. The van der Waals surface area contributed by atoms with Crippen LogP contribution in [-0.4, -0.2) is 87.3 Å². The van der Waals surface area contributed by atoms with Gasteiger partial charge in [-0.15, -0.1) is 0 Å². The Balaban J connectivity index is 1.93. The third-order valence-corrected chi connectivity index (χ3v) is 7.45. The molecule has 0 spiro atoms. The van der Waals surface area contributed by atoms with Crippen molar-refractivity contribution in [2.45, 2.75) is 70.6 Å². The minimum atomic E-state index is 0.353. The first kappa shape index (κ1) is 25.1. The molecule has 0 saturated heterocycles. The van der Waals surface area contributed by atoms with Gasteiger partial charge in [0.1, 0.15) is 0 Å². The third kappa shape index (κ3) is 9.67. The molecule has 1 N–H and O–H groups in total. The normalized spacial score (nSPS) is 28.1. The van der Waals surface area contributed by atoms with Gasteiger partial charge in [0.05, 0.1) is 0 Å². The third-order valence-electron chi connectivity index (χ3n) is 7.45. The lowest BCUT2D eigenvalue weighted by Crippen LogP contribution is -2.41. The van der Waals surface area contributed by atoms with Crippen LogP contribution in [0.3, 0.4) is 0 Å². The number of aliphatic hydroxyl groups is 1. The van der Waals surface area contributed by atoms with E-state index in [-0.39, 0.29) is 0 Å². The molecule has 0 heterocycles. The lowest BCUT2D eigenvalue weighted by atomic mass is 9.78. The molecule has 172 valence electrons. The van der Waals surface area contributed by atoms with Crippen LogP contribution in [-0.2, 0) is 0 Å². The lowest BCUT2D eigenvalue weighted by molar-refractivity contribution is 0.108. The molecule has 4 nitrogen and oxygen atoms in total. The zero-order chi connectivity index (χ0) is 21.1. The highest BCUT2D eigenvalue weighted by Gasteiger charge is 2.32. The van der Waals surface area contributed by atoms with Crippen molar-refractivity contribution in [1.29, 1.82) is 0 Å². The van der Waals surface area contributed by atoms with Gasteiger partial charge in [-0.3, -0.25) is 0 Å². The molecule has 4 heteroatoms. The van der Waals surface area contributed by atoms with E-state index in [0.717, 1.165) is 30.1 Å². The van der Waals surface area contributed by atoms with Gasteiger partial charge in [-0.2, -0.15) is 0 Å². The predicted octanol–water partition coefficient (Wildman–Crippen LogP) is 4.19. The quantitative estimate of drug-likeness (QED) is 0.436. The van der Waals surface area contributed by atoms with E-state index in [0.29, 0.717) is 6.61 Å². The van der Waals surface area contributed by atoms with Crippen molar-refractivity contribution >= 4 is 0 Å². The summed E-state index contributed by atoms with van der Waals surface area (Å²) in [6.45, 7) is 6.80. The summed E-state index contributed by atoms with van der Waals surface area (Å²) in [4.78, 5) is 7.68. The average molecular weight is 410 g/mol. The minimum Gasteiger partial charge on any atom is -0.396 e. The van der Waals surface area contributed by atoms with Gasteiger partial charge in [-0.25, -0.2) is 0 Å². The summed E-state index contributed by atoms with van der Waals surface area (Å²) in [5.41, 5.74) is 0. The maximum atomic E-state index is 9.06. The first-order valence-corrected chi connectivity index (χ1v) is 12.6. The van der Waals surface area contributed by atoms with Gasteiger partial charge in [0.25, 0.3) is 0 Å². The Labute approximate surface area is 182 Å². The van der Waals surface area contributed by atoms with Crippen molar-refractivity contribution in [3.8, 4) is 0 Å². The molecule has 2 unspecified atom stereocenters. The van der Waals surface area contributed by atoms with E-state index in [4.69, 9.17) is 5.11 Å². The largest absolute Gasteiger partial charge is 0.396 e. The fourth-order valence-electron chi connectivity index (χ4n) is 6.02. The topological polar surface area (TPSA) is 30.0 Å². The Morgan fingerprint density at radius 2 is 1.03 bits per heavy atom. The molecule has 0 aliphatic heterocycles. The molecule has 29 heavy (non-hydrogen) atoms. The standard InChI is InChI=1S/C25H51N3O/c1-26(2)18-22-12-7-8-13-24(22)20-28(16-9-5-6-10-17-29)21-25-15-11-14-23(25)19-27(3)4/h22-25,29H,5-21H2,1-4H3/t22?,23?,24-,25+/m0/s1. The molecule has 2 aliphatic carbocycles. The van der Waals surface area contributed by atoms with Crippen molar-refractivity contribution in [3.63, 3.8) is 0 Å². The second-order valence-corrected chi connectivity index (χ2v) is 10.7. The molecule has 2 fully saturated rings. The highest BCUT2D eigenvalue weighted by atomic mass is 16.2. The molecule has 4 atom stereocenters. The Kier molecular flexibility index (Phi) is 12.1. The van der Waals surface area contributed by atoms with Crippen molar-refractivity contribution in [2.75, 3.05) is 67.5 Å². The van der Waals surface area contributed by atoms with Crippen LogP contribution < -0.4 is 0 Å². The number of aliphatic hydroxyl groups excluding tert-OH is 1. The molecule has 0 aromatic carbocycles. The van der Waals surface area contributed by atoms with Gasteiger partial charge in [0.2, 0.25) is 0 Å². The van der Waals surface area contributed by atoms with Gasteiger partial charge < -0.3 is 19.8 Å². The summed E-state index contributed by atoms with van der Waals surface area (Å²) in [5, 5.41) is 9.06. The van der Waals surface area contributed by atoms with Gasteiger partial charge in [0, 0.05) is 32.8 Å². The van der Waals surface area contributed by atoms with Crippen LogP contribution >= 0.6 is 0 Å². The van der Waals surface area contributed by atoms with Crippen LogP contribution in [0.2, 0.25) is 0 Å². The molecule has 2 rings (SSSR count). The zero-order valence-corrected chi connectivity index (χ0v) is 20.1. The van der Waals surface area contributed by atoms with Crippen LogP contribution in [0.5, 0.6) is 0 Å². The molecule has 0 aromatic heterocycles. The molecule has 2 aliphatic rings. The fourth-order valence-corrected chi connectivity index (χ4v) is 6.02. The summed E-state index contributed by atoms with van der Waals surface area (Å²) in [6, 6.07) is 0. The van der Waals surface area contributed by atoms with Crippen LogP contribution in [0.25, 0.3) is 0 Å². The smallest absolute Gasteiger partial charge is 0.0431 e. The Morgan fingerprint density at radius 3 is 1.52 bits per heavy atom. The summed E-state index contributed by atoms with van der Waals surface area (Å²) >= 11 is 0. The Hall–Kier alpha value is -0.160. The first-order chi connectivity index (χ1) is 14.0. The summed E-state index contributed by atoms with van der Waals surface area (Å²) in [6.07, 6.45) is 14.8. The number of rotatable bonds is 14. The van der Waals surface area contributed by atoms with E-state index in [1.54, 1.807) is 0 Å². The van der Waals surface area contributed by atoms with Crippen LogP contribution in [0, 0.1) is 23.7 Å². The highest BCUT2D eigenvalue weighted by Crippen LogP contribution is 2.35. The summed E-state index contributed by atoms with van der Waals surface area (Å²) in [7, 11) is 8.97. The Bertz CT molecular complexity index is 415. The van der Waals surface area contributed by atoms with E-state index in [2.05, 4.69) is 42.9 Å². The number of nitrogens with zero attached hydrogens (tertiary/aromatic N) is 3. The molecular weight excluding hydrogens is 358 g/mol. The van der Waals surface area contributed by atoms with Crippen LogP contribution in [0.4, 0.5) is 0 Å². The molecular formula is C25H51N3O. The fraction of sp³-hybridized carbons (Fsp3) is 1.00. The van der Waals surface area contributed by atoms with Gasteiger partial charge in [-0.05, 0) is 96.9 Å². The van der Waals surface area contributed by atoms with Gasteiger partial charge in [-0.1, -0.05) is 32.1 Å². The van der Waals surface area contributed by atoms with Crippen molar-refractivity contribution < 1.29 is 5.11 Å². The maximum Gasteiger partial charge on any atom is 0.0431 e. The van der Waals surface area contributed by atoms with E-state index < -0.39 is 0 Å². The van der Waals surface area contributed by atoms with E-state index >= 15 is 0 Å². The summed E-state index contributed by atoms with van der Waals surface area (Å²) in [5.74, 6) is 3.56. The molecule has 0 aromatic rings. The van der Waals surface area contributed by atoms with Crippen LogP contribution in [0.15, 0.2) is 0 Å². The van der Waals surface area contributed by atoms with Crippen molar-refractivity contribution in [2.24, 2.45) is 23.7 Å². The second kappa shape index (κ2) is 14.0. The zero-order valence-electron chi connectivity index (χ0n) is 20.1. The number of hydrogen-bond donors (Lipinski definition) is 1. The SMILES string of the molecule is CN(C)CC1CCC[C@@H]1CN(CCCCCCO)C[C@@H]1CCCCC1CN(C)C. The lowest BCUT2D eigenvalue weighted by Gasteiger charge is -2.38. The minimum absolute atomic E-state index is 0.353. The predicted molar refractivity (Wildman–Crippen MR) is 125 cm³/mol. The molecule has 0 bridgehead atoms. The number of unbranched alkanes of at least 4 members (excludes halogenated alkanes) is 3. The van der Waals surface area contributed by atoms with E-state index in [1.807, 2.05) is 0 Å². The second-order valence-electron chi connectivity index (χ2n) is 10.7. The van der Waals surface area contributed by atoms with Crippen molar-refractivity contribution in [1.82, 2.24) is 14.7 Å². The van der Waals surface area contributed by atoms with E-state index in [9.17, 15) is 0 Å². The maximum absolute atomic E-state index is 9.06. The van der Waals surface area contributed by atoms with Crippen LogP contribution in [0.1, 0.15) is 70.6 Å². The average Bonchev–Trinajstić information content (AvgIpc) is 3.08. The Morgan fingerprint density at radius 1 is 0.586 bits per heavy atom. The molecule has 2 saturated carbocycles. The molecule has 0 amide bonds. The van der Waals surface area contributed by atoms with Gasteiger partial charge in [0.15, 0.2) is 0 Å². The molecule has 0 radical (unpaired) electrons. The number of hydrogen-bond acceptors (Lipinski definition) is 4. The van der Waals surface area contributed by atoms with E-state index in [1.165, 1.54) is 96.9 Å². The van der Waals surface area contributed by atoms with Gasteiger partial charge >= 0.3 is 0 Å². The highest BCUT2D eigenvalue weighted by molar-refractivity contribution is 4.84. The van der Waals surface area contributed by atoms with Crippen molar-refractivity contribution in [3.05, 3.63) is 0 Å². The monoisotopic (exact) mass is 409 g/mol. The first-order valence-electron chi connectivity index (χ1n) is 12.6.